The lowest BCUT2D eigenvalue weighted by Crippen LogP contribution is -2.71. The number of carbonyl (C=O) groups is 5. The zero-order valence-corrected chi connectivity index (χ0v) is 51.6. The van der Waals surface area contributed by atoms with Crippen LogP contribution in [-0.2, 0) is 85.6 Å². The molecule has 96 heavy (non-hydrogen) atoms. The summed E-state index contributed by atoms with van der Waals surface area (Å²) in [5, 5.41) is 238. The zero-order valence-electron chi connectivity index (χ0n) is 51.6. The molecule has 0 saturated carbocycles. The third-order valence-electron chi connectivity index (χ3n) is 17.1. The Morgan fingerprint density at radius 2 is 0.823 bits per heavy atom. The topological polar surface area (TPSA) is 678 Å². The van der Waals surface area contributed by atoms with Gasteiger partial charge in [-0.05, 0) is 0 Å². The Hall–Kier alpha value is -3.97. The summed E-state index contributed by atoms with van der Waals surface area (Å²) < 4.78 is 74.9. The third-order valence-corrected chi connectivity index (χ3v) is 17.1. The normalized spacial score (nSPS) is 46.0. The summed E-state index contributed by atoms with van der Waals surface area (Å²) in [6.07, 6.45) is -64.0. The third kappa shape index (κ3) is 17.5. The average Bonchev–Trinajstić information content (AvgIpc) is 0.766. The Balaban J connectivity index is 1.08. The highest BCUT2D eigenvalue weighted by atomic mass is 16.8. The first-order chi connectivity index (χ1) is 45.2. The fourth-order valence-corrected chi connectivity index (χ4v) is 12.2. The van der Waals surface area contributed by atoms with Crippen LogP contribution in [-0.4, -0.2) is 403 Å². The molecule has 0 unspecified atom stereocenters. The summed E-state index contributed by atoms with van der Waals surface area (Å²) in [5.41, 5.74) is 0. The molecule has 7 aliphatic rings. The van der Waals surface area contributed by atoms with E-state index in [-0.39, 0.29) is 0 Å². The molecule has 7 saturated heterocycles. The van der Waals surface area contributed by atoms with Gasteiger partial charge in [0.15, 0.2) is 37.7 Å². The number of ether oxygens (including phenoxy) is 13. The van der Waals surface area contributed by atoms with Crippen LogP contribution in [0.2, 0.25) is 0 Å². The second-order valence-electron chi connectivity index (χ2n) is 24.0. The average molecular weight is 1410 g/mol. The van der Waals surface area contributed by atoms with Crippen molar-refractivity contribution in [3.8, 4) is 0 Å². The Bertz CT molecular complexity index is 2540. The second kappa shape index (κ2) is 34.1. The number of amides is 4. The predicted molar refractivity (Wildman–Crippen MR) is 295 cm³/mol. The van der Waals surface area contributed by atoms with Crippen molar-refractivity contribution in [1.29, 1.82) is 0 Å². The lowest BCUT2D eigenvalue weighted by atomic mass is 9.88. The summed E-state index contributed by atoms with van der Waals surface area (Å²) in [7, 11) is 0. The first-order valence-electron chi connectivity index (χ1n) is 30.2. The minimum Gasteiger partial charge on any atom is -0.477 e. The highest BCUT2D eigenvalue weighted by Gasteiger charge is 2.62. The van der Waals surface area contributed by atoms with E-state index in [0.717, 1.165) is 27.7 Å². The molecule has 0 aromatic carbocycles. The maximum Gasteiger partial charge on any atom is 0.364 e. The summed E-state index contributed by atoms with van der Waals surface area (Å²) in [6, 6.07) is -7.13. The molecule has 7 rings (SSSR count). The van der Waals surface area contributed by atoms with Gasteiger partial charge in [0, 0.05) is 34.1 Å². The van der Waals surface area contributed by atoms with E-state index in [1.165, 1.54) is 0 Å². The molecule has 0 radical (unpaired) electrons. The van der Waals surface area contributed by atoms with Crippen molar-refractivity contribution >= 4 is 29.6 Å². The van der Waals surface area contributed by atoms with E-state index in [9.17, 15) is 131 Å². The van der Waals surface area contributed by atoms with Crippen LogP contribution >= 0.6 is 0 Å². The number of hydrogen-bond donors (Lipinski definition) is 25. The standard InChI is InChI=1S/C53H88N4O39/c1-13(64)54-25-17(68)5-53(52(82)83,95-43(25)29(70)18(69)6-58)96-45-32(73)21(9-61)88-51(39(45)80)93-42-28(57-16(4)67)46(81)85-24(33(42)74)12-84-47-26(55-14(2)65)34(75)40(22(10-62)89-47)92-50-38(79)44(31(72)20(8-60)87-50)94-48-27(56-15(3)66)35(76)41(23(11-63)90-48)91-49-37(78)36(77)30(71)19(7-59)86-49/h17-51,58-63,68-81H,5-12H2,1-4H3,(H,54,64)(H,55,65)(H,56,66)(H,57,67)(H,82,83)/t17-,18+,19+,20+,21+,22+,23+,24+,25+,26+,27+,28+,29+,30-,31-,32-,33-,34+,35+,36-,37+,38+,39+,40-,41+,42+,43+,44-,45-,46-,47+,48-,49-,50-,51-,53-/m0/s1. The van der Waals surface area contributed by atoms with Gasteiger partial charge in [0.2, 0.25) is 23.6 Å². The van der Waals surface area contributed by atoms with Gasteiger partial charge in [0.1, 0.15) is 165 Å². The molecule has 4 amide bonds. The number of carboxylic acid groups (broad SMARTS) is 1. The van der Waals surface area contributed by atoms with Crippen LogP contribution in [0.3, 0.4) is 0 Å². The van der Waals surface area contributed by atoms with Gasteiger partial charge in [-0.1, -0.05) is 0 Å². The molecule has 43 heteroatoms. The largest absolute Gasteiger partial charge is 0.477 e. The molecule has 36 atom stereocenters. The van der Waals surface area contributed by atoms with Gasteiger partial charge in [-0.15, -0.1) is 0 Å². The van der Waals surface area contributed by atoms with E-state index < -0.39 is 303 Å². The molecule has 0 bridgehead atoms. The van der Waals surface area contributed by atoms with Crippen LogP contribution in [0.5, 0.6) is 0 Å². The first-order valence-corrected chi connectivity index (χ1v) is 30.2. The van der Waals surface area contributed by atoms with Crippen LogP contribution in [0.1, 0.15) is 34.1 Å². The van der Waals surface area contributed by atoms with Gasteiger partial charge >= 0.3 is 5.97 Å². The SMILES string of the molecule is CC(=O)N[C@@H]1[C@@H](O[C@@H]2O[C@H](CO)[C@H](O)[C@H](O[C@]3(C(=O)O)C[C@H](O)[C@@H](NC(C)=O)[C@H]([C@H](O)[C@H](O)CO)O3)[C@H]2O)[C@@H](O)[C@@H](CO[C@@H]2O[C@H](CO)[C@H](O[C@@H]3O[C@H](CO)[C@H](O)[C@H](O[C@@H]4O[C@H](CO)[C@@H](O[C@@H]5O[C@H](CO)[C@H](O)[C@H](O)[C@H]5O)[C@H](O)[C@H]4NC(C)=O)[C@H]3O)[C@H](O)[C@H]2NC(C)=O)O[C@@H]1O. The fourth-order valence-electron chi connectivity index (χ4n) is 12.2. The lowest BCUT2D eigenvalue weighted by Gasteiger charge is -2.51. The Morgan fingerprint density at radius 3 is 1.30 bits per heavy atom. The molecule has 7 heterocycles. The molecule has 7 aliphatic heterocycles. The van der Waals surface area contributed by atoms with Crippen LogP contribution < -0.4 is 21.3 Å². The number of aliphatic carboxylic acids is 1. The van der Waals surface area contributed by atoms with E-state index in [1.807, 2.05) is 0 Å². The van der Waals surface area contributed by atoms with Gasteiger partial charge in [0.05, 0.1) is 58.4 Å². The molecule has 0 spiro atoms. The monoisotopic (exact) mass is 1400 g/mol. The molecular formula is C53H88N4O39. The molecule has 0 aliphatic carbocycles. The Morgan fingerprint density at radius 1 is 0.427 bits per heavy atom. The summed E-state index contributed by atoms with van der Waals surface area (Å²) >= 11 is 0. The predicted octanol–water partition coefficient (Wildman–Crippen LogP) is -16.5. The van der Waals surface area contributed by atoms with Crippen LogP contribution in [0.15, 0.2) is 0 Å². The van der Waals surface area contributed by atoms with Gasteiger partial charge < -0.3 is 190 Å². The van der Waals surface area contributed by atoms with Crippen molar-refractivity contribution in [3.63, 3.8) is 0 Å². The van der Waals surface area contributed by atoms with Crippen molar-refractivity contribution in [3.05, 3.63) is 0 Å². The number of aliphatic hydroxyl groups excluding tert-OH is 20. The molecule has 0 aromatic rings. The van der Waals surface area contributed by atoms with Crippen LogP contribution in [0.4, 0.5) is 0 Å². The van der Waals surface area contributed by atoms with E-state index in [4.69, 9.17) is 61.6 Å². The molecule has 43 nitrogen and oxygen atoms in total. The number of aliphatic hydroxyl groups is 20. The van der Waals surface area contributed by atoms with Crippen molar-refractivity contribution in [2.24, 2.45) is 0 Å². The highest BCUT2D eigenvalue weighted by molar-refractivity contribution is 5.77. The Labute approximate surface area is 543 Å². The maximum atomic E-state index is 13.1. The highest BCUT2D eigenvalue weighted by Crippen LogP contribution is 2.40. The van der Waals surface area contributed by atoms with Crippen molar-refractivity contribution in [2.75, 3.05) is 46.2 Å². The van der Waals surface area contributed by atoms with E-state index in [1.54, 1.807) is 0 Å². The smallest absolute Gasteiger partial charge is 0.364 e. The molecule has 554 valence electrons. The maximum absolute atomic E-state index is 13.1. The zero-order chi connectivity index (χ0) is 71.3. The minimum atomic E-state index is -3.24. The van der Waals surface area contributed by atoms with Crippen molar-refractivity contribution in [1.82, 2.24) is 21.3 Å². The summed E-state index contributed by atoms with van der Waals surface area (Å²) in [4.78, 5) is 63.1. The lowest BCUT2D eigenvalue weighted by molar-refractivity contribution is -0.382. The molecule has 0 aromatic heterocycles. The van der Waals surface area contributed by atoms with Gasteiger partial charge in [-0.2, -0.15) is 0 Å². The number of carbonyl (C=O) groups excluding carboxylic acids is 4. The minimum absolute atomic E-state index is 0.843. The van der Waals surface area contributed by atoms with Gasteiger partial charge in [0.25, 0.3) is 5.79 Å². The van der Waals surface area contributed by atoms with E-state index in [0.29, 0.717) is 0 Å². The van der Waals surface area contributed by atoms with Gasteiger partial charge in [-0.25, -0.2) is 4.79 Å². The summed E-state index contributed by atoms with van der Waals surface area (Å²) in [5.74, 6) is -8.84. The van der Waals surface area contributed by atoms with E-state index >= 15 is 0 Å². The first kappa shape index (κ1) is 79.4. The van der Waals surface area contributed by atoms with Crippen molar-refractivity contribution in [2.45, 2.75) is 254 Å². The van der Waals surface area contributed by atoms with Crippen molar-refractivity contribution < 1.29 is 193 Å². The number of carboxylic acids is 1. The Kier molecular flexibility index (Phi) is 28.2. The quantitative estimate of drug-likeness (QED) is 0.0382. The fraction of sp³-hybridized carbons (Fsp3) is 0.906. The second-order valence-corrected chi connectivity index (χ2v) is 24.0. The van der Waals surface area contributed by atoms with Gasteiger partial charge in [-0.3, -0.25) is 19.2 Å². The molecular weight excluding hydrogens is 1320 g/mol. The number of hydrogen-bond acceptors (Lipinski definition) is 38. The van der Waals surface area contributed by atoms with E-state index in [2.05, 4.69) is 21.3 Å². The molecule has 25 N–H and O–H groups in total. The van der Waals surface area contributed by atoms with Crippen LogP contribution in [0, 0.1) is 0 Å². The number of rotatable bonds is 26. The number of nitrogens with one attached hydrogen (secondary N) is 4. The summed E-state index contributed by atoms with van der Waals surface area (Å²) in [6.45, 7) is -3.49. The van der Waals surface area contributed by atoms with Crippen LogP contribution in [0.25, 0.3) is 0 Å². The molecule has 7 fully saturated rings.